The minimum Gasteiger partial charge on any atom is -0.593 e. The van der Waals surface area contributed by atoms with Crippen LogP contribution in [0.15, 0.2) is 58.5 Å². The Morgan fingerprint density at radius 2 is 1.03 bits per heavy atom. The van der Waals surface area contributed by atoms with E-state index in [0.717, 1.165) is 11.1 Å². The van der Waals surface area contributed by atoms with E-state index in [1.807, 2.05) is 64.1 Å². The zero-order valence-electron chi connectivity index (χ0n) is 17.3. The van der Waals surface area contributed by atoms with E-state index in [9.17, 15) is 0 Å². The smallest absolute Gasteiger partial charge is 0.593 e. The van der Waals surface area contributed by atoms with E-state index in [-0.39, 0.29) is 30.0 Å². The number of benzene rings is 2. The van der Waals surface area contributed by atoms with Gasteiger partial charge in [-0.3, -0.25) is 9.98 Å². The van der Waals surface area contributed by atoms with E-state index in [1.165, 1.54) is 0 Å². The zero-order valence-corrected chi connectivity index (χ0v) is 18.4. The monoisotopic (exact) mass is 447 g/mol. The molecule has 2 aromatic carbocycles. The average molecular weight is 447 g/mol. The minimum absolute atomic E-state index is 0. The summed E-state index contributed by atoms with van der Waals surface area (Å²) in [6.07, 6.45) is 3.27. The van der Waals surface area contributed by atoms with E-state index >= 15 is 0 Å². The number of rotatable bonds is 6. The summed E-state index contributed by atoms with van der Waals surface area (Å²) in [6.45, 7) is 7.38. The standard InChI is InChI=1S/2C11H15NO2.Co/c2*1-11(2,8-13)12-7-9-5-3-4-6-10(9)14;/h2*3-7,13-14H,8H2,1-2H3;/q;;+2/p+2. The van der Waals surface area contributed by atoms with Gasteiger partial charge >= 0.3 is 16.8 Å². The van der Waals surface area contributed by atoms with E-state index in [2.05, 4.69) is 9.98 Å². The van der Waals surface area contributed by atoms with Gasteiger partial charge < -0.3 is 20.4 Å². The van der Waals surface area contributed by atoms with Gasteiger partial charge in [0.05, 0.1) is 35.4 Å². The molecular weight excluding hydrogens is 415 g/mol. The first-order valence-corrected chi connectivity index (χ1v) is 9.04. The Balaban J connectivity index is 0.000000523. The summed E-state index contributed by atoms with van der Waals surface area (Å²) >= 11 is 0. The van der Waals surface area contributed by atoms with Crippen LogP contribution in [0.5, 0.6) is 11.5 Å². The Morgan fingerprint density at radius 1 is 0.724 bits per heavy atom. The van der Waals surface area contributed by atoms with E-state index in [4.69, 9.17) is 20.4 Å². The maximum Gasteiger partial charge on any atom is 2.00 e. The molecule has 0 aromatic heterocycles. The van der Waals surface area contributed by atoms with Gasteiger partial charge in [0.1, 0.15) is 0 Å². The molecule has 0 bridgehead atoms. The molecule has 0 saturated carbocycles. The third-order valence-electron chi connectivity index (χ3n) is 3.80. The van der Waals surface area contributed by atoms with Crippen molar-refractivity contribution in [3.8, 4) is 11.5 Å². The fourth-order valence-electron chi connectivity index (χ4n) is 1.79. The van der Waals surface area contributed by atoms with Gasteiger partial charge in [0.15, 0.2) is 0 Å². The zero-order chi connectivity index (χ0) is 21.2. The van der Waals surface area contributed by atoms with Crippen molar-refractivity contribution in [1.82, 2.24) is 0 Å². The van der Waals surface area contributed by atoms with Crippen molar-refractivity contribution < 1.29 is 37.2 Å². The van der Waals surface area contributed by atoms with Crippen LogP contribution in [0.25, 0.3) is 0 Å². The van der Waals surface area contributed by atoms with Crippen LogP contribution >= 0.6 is 0 Å². The van der Waals surface area contributed by atoms with Crippen LogP contribution in [-0.2, 0) is 16.8 Å². The summed E-state index contributed by atoms with van der Waals surface area (Å²) in [6, 6.07) is 14.5. The van der Waals surface area contributed by atoms with Crippen molar-refractivity contribution in [2.24, 2.45) is 9.98 Å². The number of hydrogen-bond donors (Lipinski definition) is 2. The molecule has 0 fully saturated rings. The van der Waals surface area contributed by atoms with Crippen LogP contribution in [-0.4, -0.2) is 57.1 Å². The van der Waals surface area contributed by atoms with E-state index in [1.54, 1.807) is 24.6 Å². The Bertz CT molecular complexity index is 737. The van der Waals surface area contributed by atoms with Gasteiger partial charge in [0.2, 0.25) is 0 Å². The summed E-state index contributed by atoms with van der Waals surface area (Å²) in [4.78, 5) is 8.42. The molecule has 7 heteroatoms. The molecule has 0 aliphatic rings. The molecule has 0 saturated heterocycles. The molecule has 6 nitrogen and oxygen atoms in total. The van der Waals surface area contributed by atoms with Crippen LogP contribution in [0.1, 0.15) is 38.8 Å². The maximum atomic E-state index is 8.98. The number of aliphatic imine (C=N–C) groups is 2. The molecule has 0 unspecified atom stereocenters. The predicted octanol–water partition coefficient (Wildman–Crippen LogP) is 2.63. The second-order valence-corrected chi connectivity index (χ2v) is 7.63. The van der Waals surface area contributed by atoms with E-state index < -0.39 is 11.1 Å². The van der Waals surface area contributed by atoms with Crippen molar-refractivity contribution in [3.05, 3.63) is 59.7 Å². The largest absolute Gasteiger partial charge is 2.00 e. The molecule has 6 N–H and O–H groups in total. The first kappa shape index (κ1) is 26.8. The summed E-state index contributed by atoms with van der Waals surface area (Å²) < 4.78 is 0. The van der Waals surface area contributed by atoms with Crippen molar-refractivity contribution >= 4 is 12.4 Å². The fourth-order valence-corrected chi connectivity index (χ4v) is 1.79. The van der Waals surface area contributed by atoms with Gasteiger partial charge in [-0.15, -0.1) is 0 Å². The summed E-state index contributed by atoms with van der Waals surface area (Å²) in [7, 11) is 0. The Kier molecular flexibility index (Phi) is 11.4. The topological polar surface area (TPSA) is 111 Å². The van der Waals surface area contributed by atoms with Gasteiger partial charge in [-0.25, -0.2) is 0 Å². The molecule has 0 spiro atoms. The van der Waals surface area contributed by atoms with Gasteiger partial charge in [-0.2, -0.15) is 0 Å². The van der Waals surface area contributed by atoms with Crippen LogP contribution in [0, 0.1) is 0 Å². The first-order chi connectivity index (χ1) is 13.1. The second kappa shape index (κ2) is 12.4. The summed E-state index contributed by atoms with van der Waals surface area (Å²) in [5.74, 6) is 0.898. The normalized spacial score (nSPS) is 11.8. The quantitative estimate of drug-likeness (QED) is 0.524. The first-order valence-electron chi connectivity index (χ1n) is 9.04. The minimum atomic E-state index is -0.470. The molecular formula is C22H32CoN2O4+4. The number of para-hydroxylation sites is 2. The number of hydrogen-bond acceptors (Lipinski definition) is 4. The Hall–Kier alpha value is -2.19. The number of aliphatic hydroxyl groups excluding tert-OH is 2. The molecule has 29 heavy (non-hydrogen) atoms. The molecule has 0 amide bonds. The predicted molar refractivity (Wildman–Crippen MR) is 117 cm³/mol. The maximum absolute atomic E-state index is 8.98. The molecule has 2 rings (SSSR count). The summed E-state index contributed by atoms with van der Waals surface area (Å²) in [5, 5.41) is 33.1. The van der Waals surface area contributed by atoms with Crippen molar-refractivity contribution in [2.45, 2.75) is 38.8 Å². The molecule has 0 atom stereocenters. The summed E-state index contributed by atoms with van der Waals surface area (Å²) in [5.41, 5.74) is 0.605. The van der Waals surface area contributed by atoms with Crippen LogP contribution in [0.4, 0.5) is 0 Å². The SMILES string of the molecule is CC(C)(CO)N=Cc1ccccc1[OH2+].CC(C)(CO)N=Cc1ccccc1[OH2+].[Co+2]. The van der Waals surface area contributed by atoms with E-state index in [0.29, 0.717) is 11.5 Å². The molecule has 159 valence electrons. The van der Waals surface area contributed by atoms with Crippen molar-refractivity contribution in [3.63, 3.8) is 0 Å². The van der Waals surface area contributed by atoms with Gasteiger partial charge in [-0.1, -0.05) is 24.3 Å². The number of aliphatic hydroxyl groups is 2. The van der Waals surface area contributed by atoms with Gasteiger partial charge in [0.25, 0.3) is 11.5 Å². The molecule has 2 aromatic rings. The van der Waals surface area contributed by atoms with Crippen molar-refractivity contribution in [2.75, 3.05) is 13.2 Å². The molecule has 0 aliphatic heterocycles. The second-order valence-electron chi connectivity index (χ2n) is 7.63. The van der Waals surface area contributed by atoms with Crippen molar-refractivity contribution in [1.29, 1.82) is 0 Å². The Labute approximate surface area is 182 Å². The molecule has 1 radical (unpaired) electrons. The van der Waals surface area contributed by atoms with Gasteiger partial charge in [-0.05, 0) is 39.8 Å². The van der Waals surface area contributed by atoms with Crippen LogP contribution in [0.3, 0.4) is 0 Å². The molecule has 0 heterocycles. The van der Waals surface area contributed by atoms with Gasteiger partial charge in [0, 0.05) is 24.6 Å². The van der Waals surface area contributed by atoms with Crippen LogP contribution in [0.2, 0.25) is 0 Å². The molecule has 0 aliphatic carbocycles. The third-order valence-corrected chi connectivity index (χ3v) is 3.80. The number of nitrogens with zero attached hydrogens (tertiary/aromatic N) is 2. The Morgan fingerprint density at radius 3 is 1.31 bits per heavy atom. The third kappa shape index (κ3) is 10.2. The fraction of sp³-hybridized carbons (Fsp3) is 0.364. The average Bonchev–Trinajstić information content (AvgIpc) is 2.67. The van der Waals surface area contributed by atoms with Crippen LogP contribution < -0.4 is 0 Å².